The minimum Gasteiger partial charge on any atom is -0.354 e. The Labute approximate surface area is 148 Å². The van der Waals surface area contributed by atoms with Gasteiger partial charge in [-0.2, -0.15) is 0 Å². The maximum absolute atomic E-state index is 12.6. The molecule has 25 heavy (non-hydrogen) atoms. The van der Waals surface area contributed by atoms with E-state index in [0.717, 1.165) is 12.0 Å². The molecule has 5 heteroatoms. The molecule has 0 bridgehead atoms. The molecule has 0 spiro atoms. The zero-order valence-corrected chi connectivity index (χ0v) is 14.4. The predicted octanol–water partition coefficient (Wildman–Crippen LogP) is 2.58. The smallest absolute Gasteiger partial charge is 0.312 e. The molecule has 0 saturated carbocycles. The number of hydrogen-bond acceptors (Lipinski definition) is 2. The molecule has 0 fully saturated rings. The molecule has 5 nitrogen and oxygen atoms in total. The Morgan fingerprint density at radius 2 is 1.60 bits per heavy atom. The van der Waals surface area contributed by atoms with Crippen LogP contribution in [0.1, 0.15) is 30.4 Å². The molecule has 0 aromatic heterocycles. The van der Waals surface area contributed by atoms with Crippen LogP contribution >= 0.6 is 0 Å². The van der Waals surface area contributed by atoms with Crippen LogP contribution in [-0.4, -0.2) is 24.5 Å². The lowest BCUT2D eigenvalue weighted by Gasteiger charge is -2.21. The van der Waals surface area contributed by atoms with Crippen molar-refractivity contribution in [2.75, 3.05) is 6.54 Å². The van der Waals surface area contributed by atoms with Crippen LogP contribution in [0, 0.1) is 0 Å². The number of primary amides is 1. The predicted molar refractivity (Wildman–Crippen MR) is 99.1 cm³/mol. The van der Waals surface area contributed by atoms with E-state index in [1.165, 1.54) is 5.56 Å². The summed E-state index contributed by atoms with van der Waals surface area (Å²) < 4.78 is 0. The molecule has 0 saturated heterocycles. The third kappa shape index (κ3) is 5.95. The molecule has 0 aliphatic carbocycles. The Balaban J connectivity index is 1.99. The molecule has 0 heterocycles. The highest BCUT2D eigenvalue weighted by Gasteiger charge is 2.21. The number of nitrogens with two attached hydrogens (primary N) is 1. The van der Waals surface area contributed by atoms with Crippen molar-refractivity contribution in [3.8, 4) is 0 Å². The molecular formula is C20H25N3O2. The van der Waals surface area contributed by atoms with Gasteiger partial charge < -0.3 is 16.4 Å². The van der Waals surface area contributed by atoms with Gasteiger partial charge in [0.1, 0.15) is 6.04 Å². The molecule has 2 unspecified atom stereocenters. The number of hydrogen-bond donors (Lipinski definition) is 3. The van der Waals surface area contributed by atoms with Crippen LogP contribution in [-0.2, 0) is 11.2 Å². The Morgan fingerprint density at radius 1 is 1.00 bits per heavy atom. The van der Waals surface area contributed by atoms with Crippen molar-refractivity contribution in [1.82, 2.24) is 10.6 Å². The van der Waals surface area contributed by atoms with Crippen LogP contribution in [0.15, 0.2) is 60.7 Å². The zero-order chi connectivity index (χ0) is 18.1. The van der Waals surface area contributed by atoms with E-state index < -0.39 is 12.1 Å². The average Bonchev–Trinajstić information content (AvgIpc) is 2.63. The van der Waals surface area contributed by atoms with E-state index in [-0.39, 0.29) is 11.8 Å². The van der Waals surface area contributed by atoms with Gasteiger partial charge in [0.2, 0.25) is 5.91 Å². The Bertz CT molecular complexity index is 674. The Kier molecular flexibility index (Phi) is 7.01. The number of carbonyl (C=O) groups excluding carboxylic acids is 2. The van der Waals surface area contributed by atoms with Gasteiger partial charge in [-0.15, -0.1) is 0 Å². The summed E-state index contributed by atoms with van der Waals surface area (Å²) in [5, 5.41) is 5.49. The number of urea groups is 1. The molecular weight excluding hydrogens is 314 g/mol. The summed E-state index contributed by atoms with van der Waals surface area (Å²) in [6.07, 6.45) is 1.31. The van der Waals surface area contributed by atoms with Gasteiger partial charge in [-0.05, 0) is 17.5 Å². The summed E-state index contributed by atoms with van der Waals surface area (Å²) in [6.45, 7) is 2.61. The van der Waals surface area contributed by atoms with Crippen molar-refractivity contribution in [2.45, 2.75) is 31.7 Å². The highest BCUT2D eigenvalue weighted by Crippen LogP contribution is 2.18. The van der Waals surface area contributed by atoms with Gasteiger partial charge in [0.25, 0.3) is 0 Å². The first-order valence-electron chi connectivity index (χ1n) is 8.52. The van der Waals surface area contributed by atoms with Crippen molar-refractivity contribution in [1.29, 1.82) is 0 Å². The van der Waals surface area contributed by atoms with Crippen molar-refractivity contribution in [3.63, 3.8) is 0 Å². The van der Waals surface area contributed by atoms with Gasteiger partial charge in [-0.3, -0.25) is 4.79 Å². The van der Waals surface area contributed by atoms with E-state index in [2.05, 4.69) is 29.7 Å². The highest BCUT2D eigenvalue weighted by molar-refractivity contribution is 5.86. The van der Waals surface area contributed by atoms with Crippen LogP contribution < -0.4 is 16.4 Å². The summed E-state index contributed by atoms with van der Waals surface area (Å²) in [5.41, 5.74) is 7.38. The number of rotatable bonds is 8. The first-order chi connectivity index (χ1) is 12.1. The second kappa shape index (κ2) is 9.47. The first-order valence-corrected chi connectivity index (χ1v) is 8.52. The van der Waals surface area contributed by atoms with Gasteiger partial charge in [0.05, 0.1) is 0 Å². The summed E-state index contributed by atoms with van der Waals surface area (Å²) in [5.74, 6) is 0.00753. The number of carbonyl (C=O) groups is 2. The van der Waals surface area contributed by atoms with Gasteiger partial charge in [-0.25, -0.2) is 4.79 Å². The maximum atomic E-state index is 12.6. The minimum atomic E-state index is -0.703. The second-order valence-electron chi connectivity index (χ2n) is 6.01. The summed E-state index contributed by atoms with van der Waals surface area (Å²) in [4.78, 5) is 23.8. The molecule has 2 aromatic carbocycles. The van der Waals surface area contributed by atoms with Crippen molar-refractivity contribution in [3.05, 3.63) is 71.8 Å². The van der Waals surface area contributed by atoms with Gasteiger partial charge >= 0.3 is 6.03 Å². The van der Waals surface area contributed by atoms with Crippen LogP contribution in [0.3, 0.4) is 0 Å². The van der Waals surface area contributed by atoms with Crippen LogP contribution in [0.5, 0.6) is 0 Å². The average molecular weight is 339 g/mol. The second-order valence-corrected chi connectivity index (χ2v) is 6.01. The first kappa shape index (κ1) is 18.5. The largest absolute Gasteiger partial charge is 0.354 e. The van der Waals surface area contributed by atoms with Crippen LogP contribution in [0.4, 0.5) is 4.79 Å². The van der Waals surface area contributed by atoms with E-state index in [0.29, 0.717) is 13.0 Å². The monoisotopic (exact) mass is 339 g/mol. The molecule has 2 rings (SSSR count). The Hall–Kier alpha value is -2.82. The fourth-order valence-corrected chi connectivity index (χ4v) is 2.80. The molecule has 3 amide bonds. The van der Waals surface area contributed by atoms with E-state index in [9.17, 15) is 9.59 Å². The number of nitrogens with one attached hydrogen (secondary N) is 2. The quantitative estimate of drug-likeness (QED) is 0.690. The lowest BCUT2D eigenvalue weighted by atomic mass is 9.96. The summed E-state index contributed by atoms with van der Waals surface area (Å²) in [7, 11) is 0. The van der Waals surface area contributed by atoms with E-state index in [1.807, 2.05) is 48.5 Å². The summed E-state index contributed by atoms with van der Waals surface area (Å²) in [6, 6.07) is 18.2. The molecule has 0 aliphatic heterocycles. The van der Waals surface area contributed by atoms with Gasteiger partial charge in [0.15, 0.2) is 0 Å². The lowest BCUT2D eigenvalue weighted by molar-refractivity contribution is -0.122. The van der Waals surface area contributed by atoms with E-state index in [1.54, 1.807) is 0 Å². The molecule has 4 N–H and O–H groups in total. The molecule has 132 valence electrons. The highest BCUT2D eigenvalue weighted by atomic mass is 16.2. The standard InChI is InChI=1S/C20H25N3O2/c1-2-16(17-11-7-4-8-12-17)14-22-19(24)18(23-20(21)25)13-15-9-5-3-6-10-15/h3-12,16,18H,2,13-14H2,1H3,(H,22,24)(H3,21,23,25). The normalized spacial score (nSPS) is 12.8. The van der Waals surface area contributed by atoms with Crippen LogP contribution in [0.2, 0.25) is 0 Å². The maximum Gasteiger partial charge on any atom is 0.312 e. The lowest BCUT2D eigenvalue weighted by Crippen LogP contribution is -2.50. The molecule has 0 radical (unpaired) electrons. The topological polar surface area (TPSA) is 84.2 Å². The molecule has 2 atom stereocenters. The fraction of sp³-hybridized carbons (Fsp3) is 0.300. The SMILES string of the molecule is CCC(CNC(=O)C(Cc1ccccc1)NC(N)=O)c1ccccc1. The molecule has 0 aliphatic rings. The number of benzene rings is 2. The van der Waals surface area contributed by atoms with E-state index >= 15 is 0 Å². The van der Waals surface area contributed by atoms with Gasteiger partial charge in [-0.1, -0.05) is 67.6 Å². The van der Waals surface area contributed by atoms with Crippen molar-refractivity contribution >= 4 is 11.9 Å². The third-order valence-corrected chi connectivity index (χ3v) is 4.20. The van der Waals surface area contributed by atoms with Gasteiger partial charge in [0, 0.05) is 18.9 Å². The van der Waals surface area contributed by atoms with E-state index in [4.69, 9.17) is 5.73 Å². The molecule has 2 aromatic rings. The number of amides is 3. The Morgan fingerprint density at radius 3 is 2.16 bits per heavy atom. The minimum absolute atomic E-state index is 0.225. The summed E-state index contributed by atoms with van der Waals surface area (Å²) >= 11 is 0. The zero-order valence-electron chi connectivity index (χ0n) is 14.4. The fourth-order valence-electron chi connectivity index (χ4n) is 2.80. The van der Waals surface area contributed by atoms with Crippen LogP contribution in [0.25, 0.3) is 0 Å². The third-order valence-electron chi connectivity index (χ3n) is 4.20. The van der Waals surface area contributed by atoms with Crippen molar-refractivity contribution in [2.24, 2.45) is 5.73 Å². The van der Waals surface area contributed by atoms with Crippen molar-refractivity contribution < 1.29 is 9.59 Å².